The van der Waals surface area contributed by atoms with Crippen LogP contribution < -0.4 is 5.32 Å². The number of hydrogen-bond acceptors (Lipinski definition) is 5. The molecule has 1 fully saturated rings. The van der Waals surface area contributed by atoms with Crippen LogP contribution in [0.15, 0.2) is 42.9 Å². The number of allylic oxidation sites excluding steroid dienone is 2. The third-order valence-electron chi connectivity index (χ3n) is 7.13. The fraction of sp³-hybridized carbons (Fsp3) is 0.433. The lowest BCUT2D eigenvalue weighted by atomic mass is 9.86. The number of aromatic nitrogens is 4. The van der Waals surface area contributed by atoms with Gasteiger partial charge in [-0.15, -0.1) is 0 Å². The van der Waals surface area contributed by atoms with Gasteiger partial charge in [-0.1, -0.05) is 26.0 Å². The summed E-state index contributed by atoms with van der Waals surface area (Å²) in [6.07, 6.45) is 12.1. The van der Waals surface area contributed by atoms with Crippen molar-refractivity contribution in [2.45, 2.75) is 65.7 Å². The molecule has 1 atom stereocenters. The molecule has 8 nitrogen and oxygen atoms in total. The number of anilines is 1. The lowest BCUT2D eigenvalue weighted by molar-refractivity contribution is -0.133. The van der Waals surface area contributed by atoms with Gasteiger partial charge in [0, 0.05) is 26.2 Å². The Labute approximate surface area is 225 Å². The number of nitrogens with zero attached hydrogens (tertiary/aromatic N) is 5. The van der Waals surface area contributed by atoms with Crippen LogP contribution in [0.1, 0.15) is 84.7 Å². The van der Waals surface area contributed by atoms with Crippen molar-refractivity contribution in [1.29, 1.82) is 0 Å². The second-order valence-corrected chi connectivity index (χ2v) is 10.1. The molecule has 0 aliphatic heterocycles. The van der Waals surface area contributed by atoms with Gasteiger partial charge in [0.25, 0.3) is 5.91 Å². The van der Waals surface area contributed by atoms with Gasteiger partial charge in [0.05, 0.1) is 35.0 Å². The Hall–Kier alpha value is -3.81. The SMILES string of the molecule is CC.Cc1cc(NC(=O)c2cnn(-c3ccc(C4CC4)cn3)c2C)cnc1C1=CCC(C(=O)N(C)C)CC1. The minimum atomic E-state index is -0.232. The molecule has 8 heteroatoms. The van der Waals surface area contributed by atoms with E-state index in [1.165, 1.54) is 18.4 Å². The molecule has 2 aliphatic carbocycles. The first-order valence-electron chi connectivity index (χ1n) is 13.5. The lowest BCUT2D eigenvalue weighted by Gasteiger charge is -2.24. The number of aryl methyl sites for hydroxylation is 1. The van der Waals surface area contributed by atoms with Gasteiger partial charge in [-0.05, 0) is 80.7 Å². The first-order valence-corrected chi connectivity index (χ1v) is 13.5. The molecule has 0 spiro atoms. The topological polar surface area (TPSA) is 93.0 Å². The summed E-state index contributed by atoms with van der Waals surface area (Å²) in [5.74, 6) is 1.33. The third-order valence-corrected chi connectivity index (χ3v) is 7.13. The zero-order chi connectivity index (χ0) is 27.4. The highest BCUT2D eigenvalue weighted by Crippen LogP contribution is 2.39. The Morgan fingerprint density at radius 2 is 1.79 bits per heavy atom. The fourth-order valence-electron chi connectivity index (χ4n) is 4.86. The Bertz CT molecular complexity index is 1340. The summed E-state index contributed by atoms with van der Waals surface area (Å²) in [4.78, 5) is 36.1. The molecule has 3 heterocycles. The Balaban J connectivity index is 0.00000164. The molecular formula is C30H38N6O2. The van der Waals surface area contributed by atoms with E-state index in [0.717, 1.165) is 41.8 Å². The van der Waals surface area contributed by atoms with E-state index in [4.69, 9.17) is 0 Å². The van der Waals surface area contributed by atoms with Crippen molar-refractivity contribution in [3.63, 3.8) is 0 Å². The fourth-order valence-corrected chi connectivity index (χ4v) is 4.86. The summed E-state index contributed by atoms with van der Waals surface area (Å²) in [6, 6.07) is 5.99. The number of hydrogen-bond donors (Lipinski definition) is 1. The maximum absolute atomic E-state index is 13.0. The molecule has 5 rings (SSSR count). The van der Waals surface area contributed by atoms with Crippen LogP contribution in [0.4, 0.5) is 5.69 Å². The van der Waals surface area contributed by atoms with Crippen molar-refractivity contribution in [1.82, 2.24) is 24.6 Å². The monoisotopic (exact) mass is 514 g/mol. The molecule has 0 aromatic carbocycles. The summed E-state index contributed by atoms with van der Waals surface area (Å²) in [7, 11) is 3.60. The van der Waals surface area contributed by atoms with Gasteiger partial charge in [0.15, 0.2) is 5.82 Å². The number of carbonyl (C=O) groups is 2. The van der Waals surface area contributed by atoms with E-state index in [2.05, 4.69) is 32.5 Å². The van der Waals surface area contributed by atoms with Crippen LogP contribution in [0.25, 0.3) is 11.4 Å². The van der Waals surface area contributed by atoms with E-state index in [0.29, 0.717) is 23.0 Å². The Kier molecular flexibility index (Phi) is 8.39. The lowest BCUT2D eigenvalue weighted by Crippen LogP contribution is -2.30. The Morgan fingerprint density at radius 1 is 1.03 bits per heavy atom. The van der Waals surface area contributed by atoms with Gasteiger partial charge in [-0.25, -0.2) is 9.67 Å². The van der Waals surface area contributed by atoms with Crippen LogP contribution in [-0.2, 0) is 4.79 Å². The van der Waals surface area contributed by atoms with Gasteiger partial charge >= 0.3 is 0 Å². The highest BCUT2D eigenvalue weighted by atomic mass is 16.2. The van der Waals surface area contributed by atoms with E-state index in [9.17, 15) is 9.59 Å². The summed E-state index contributed by atoms with van der Waals surface area (Å²) in [5, 5.41) is 7.36. The second-order valence-electron chi connectivity index (χ2n) is 10.1. The normalized spacial score (nSPS) is 16.7. The molecular weight excluding hydrogens is 476 g/mol. The largest absolute Gasteiger partial charge is 0.349 e. The van der Waals surface area contributed by atoms with Crippen molar-refractivity contribution >= 4 is 23.1 Å². The molecule has 0 radical (unpaired) electrons. The average Bonchev–Trinajstić information content (AvgIpc) is 3.71. The maximum Gasteiger partial charge on any atom is 0.259 e. The predicted octanol–water partition coefficient (Wildman–Crippen LogP) is 5.71. The quantitative estimate of drug-likeness (QED) is 0.455. The predicted molar refractivity (Wildman–Crippen MR) is 150 cm³/mol. The zero-order valence-electron chi connectivity index (χ0n) is 23.3. The van der Waals surface area contributed by atoms with Crippen LogP contribution in [0.2, 0.25) is 0 Å². The van der Waals surface area contributed by atoms with Crippen molar-refractivity contribution in [2.75, 3.05) is 19.4 Å². The second kappa shape index (κ2) is 11.7. The molecule has 1 saturated carbocycles. The van der Waals surface area contributed by atoms with Gasteiger partial charge < -0.3 is 10.2 Å². The van der Waals surface area contributed by atoms with Gasteiger partial charge in [-0.3, -0.25) is 14.6 Å². The van der Waals surface area contributed by atoms with Crippen molar-refractivity contribution in [3.8, 4) is 5.82 Å². The summed E-state index contributed by atoms with van der Waals surface area (Å²) >= 11 is 0. The number of carbonyl (C=O) groups excluding carboxylic acids is 2. The smallest absolute Gasteiger partial charge is 0.259 e. The summed E-state index contributed by atoms with van der Waals surface area (Å²) in [5.41, 5.74) is 6.20. The number of rotatable bonds is 6. The minimum Gasteiger partial charge on any atom is -0.349 e. The Morgan fingerprint density at radius 3 is 2.37 bits per heavy atom. The van der Waals surface area contributed by atoms with Crippen LogP contribution in [0.3, 0.4) is 0 Å². The van der Waals surface area contributed by atoms with Crippen LogP contribution in [-0.4, -0.2) is 50.6 Å². The first-order chi connectivity index (χ1) is 18.3. The molecule has 38 heavy (non-hydrogen) atoms. The molecule has 200 valence electrons. The highest BCUT2D eigenvalue weighted by molar-refractivity contribution is 6.05. The van der Waals surface area contributed by atoms with Crippen molar-refractivity contribution in [3.05, 3.63) is 70.9 Å². The van der Waals surface area contributed by atoms with Gasteiger partial charge in [0.2, 0.25) is 5.91 Å². The summed E-state index contributed by atoms with van der Waals surface area (Å²) in [6.45, 7) is 7.87. The van der Waals surface area contributed by atoms with Gasteiger partial charge in [0.1, 0.15) is 0 Å². The van der Waals surface area contributed by atoms with Gasteiger partial charge in [-0.2, -0.15) is 5.10 Å². The highest BCUT2D eigenvalue weighted by Gasteiger charge is 2.25. The van der Waals surface area contributed by atoms with E-state index in [1.54, 1.807) is 36.1 Å². The van der Waals surface area contributed by atoms with Crippen molar-refractivity contribution < 1.29 is 9.59 Å². The number of pyridine rings is 2. The first kappa shape index (κ1) is 27.2. The summed E-state index contributed by atoms with van der Waals surface area (Å²) < 4.78 is 1.70. The number of amides is 2. The molecule has 0 bridgehead atoms. The molecule has 1 unspecified atom stereocenters. The molecule has 2 amide bonds. The van der Waals surface area contributed by atoms with Crippen LogP contribution in [0, 0.1) is 19.8 Å². The van der Waals surface area contributed by atoms with Crippen LogP contribution >= 0.6 is 0 Å². The van der Waals surface area contributed by atoms with Crippen LogP contribution in [0.5, 0.6) is 0 Å². The molecule has 0 saturated heterocycles. The maximum atomic E-state index is 13.0. The zero-order valence-corrected chi connectivity index (χ0v) is 23.3. The van der Waals surface area contributed by atoms with Crippen molar-refractivity contribution in [2.24, 2.45) is 5.92 Å². The van der Waals surface area contributed by atoms with E-state index < -0.39 is 0 Å². The van der Waals surface area contributed by atoms with E-state index in [-0.39, 0.29) is 17.7 Å². The van der Waals surface area contributed by atoms with E-state index in [1.807, 2.05) is 46.0 Å². The third kappa shape index (κ3) is 5.85. The molecule has 2 aliphatic rings. The molecule has 3 aromatic rings. The molecule has 1 N–H and O–H groups in total. The standard InChI is InChI=1S/C28H32N6O2.C2H6/c1-17-13-23(15-30-26(17)20-7-9-21(10-8-20)28(36)33(3)4)32-27(35)24-16-31-34(18(24)2)25-12-11-22(14-29-25)19-5-6-19;1-2/h7,11-16,19,21H,5-6,8-10H2,1-4H3,(H,32,35);1-2H3. The average molecular weight is 515 g/mol. The molecule has 3 aromatic heterocycles. The number of nitrogens with one attached hydrogen (secondary N) is 1. The van der Waals surface area contributed by atoms with E-state index >= 15 is 0 Å². The minimum absolute atomic E-state index is 0.0399.